The zero-order valence-electron chi connectivity index (χ0n) is 16.6. The molecule has 1 amide bonds. The van der Waals surface area contributed by atoms with Crippen LogP contribution in [0.3, 0.4) is 0 Å². The van der Waals surface area contributed by atoms with Crippen LogP contribution in [0.4, 0.5) is 0 Å². The Kier molecular flexibility index (Phi) is 6.68. The summed E-state index contributed by atoms with van der Waals surface area (Å²) in [5.74, 6) is 0.911. The van der Waals surface area contributed by atoms with Gasteiger partial charge in [0.15, 0.2) is 0 Å². The third-order valence-electron chi connectivity index (χ3n) is 5.18. The number of thiophene rings is 1. The van der Waals surface area contributed by atoms with Crippen LogP contribution >= 0.6 is 11.3 Å². The number of fused-ring (bicyclic) bond motifs is 1. The Bertz CT molecular complexity index is 764. The SMILES string of the molecule is CCOC(CC)CNC(=O)c1csc2c1CCN(Cc1c(C)noc1C)C2. The molecular weight excluding hydrogens is 362 g/mol. The van der Waals surface area contributed by atoms with Crippen molar-refractivity contribution in [3.8, 4) is 0 Å². The van der Waals surface area contributed by atoms with Crippen molar-refractivity contribution in [2.45, 2.75) is 59.7 Å². The molecule has 1 N–H and O–H groups in total. The van der Waals surface area contributed by atoms with Gasteiger partial charge >= 0.3 is 0 Å². The number of rotatable bonds is 8. The molecule has 6 nitrogen and oxygen atoms in total. The molecule has 2 aromatic heterocycles. The Balaban J connectivity index is 1.62. The van der Waals surface area contributed by atoms with E-state index in [4.69, 9.17) is 9.26 Å². The van der Waals surface area contributed by atoms with E-state index in [2.05, 4.69) is 22.3 Å². The second-order valence-corrected chi connectivity index (χ2v) is 7.97. The van der Waals surface area contributed by atoms with Crippen LogP contribution in [0.2, 0.25) is 0 Å². The maximum atomic E-state index is 12.6. The van der Waals surface area contributed by atoms with E-state index >= 15 is 0 Å². The second kappa shape index (κ2) is 8.99. The first kappa shape index (κ1) is 20.0. The zero-order valence-corrected chi connectivity index (χ0v) is 17.4. The number of ether oxygens (including phenoxy) is 1. The molecular formula is C20H29N3O3S. The van der Waals surface area contributed by atoms with Gasteiger partial charge in [-0.25, -0.2) is 0 Å². The van der Waals surface area contributed by atoms with E-state index in [-0.39, 0.29) is 12.0 Å². The molecule has 1 aliphatic heterocycles. The minimum Gasteiger partial charge on any atom is -0.377 e. The van der Waals surface area contributed by atoms with Crippen molar-refractivity contribution in [1.82, 2.24) is 15.4 Å². The normalized spacial score (nSPS) is 15.6. The monoisotopic (exact) mass is 391 g/mol. The summed E-state index contributed by atoms with van der Waals surface area (Å²) in [5.41, 5.74) is 4.18. The fourth-order valence-electron chi connectivity index (χ4n) is 3.52. The summed E-state index contributed by atoms with van der Waals surface area (Å²) in [6, 6.07) is 0. The molecule has 0 saturated heterocycles. The largest absolute Gasteiger partial charge is 0.377 e. The maximum absolute atomic E-state index is 12.6. The molecule has 1 unspecified atom stereocenters. The van der Waals surface area contributed by atoms with E-state index < -0.39 is 0 Å². The van der Waals surface area contributed by atoms with Crippen LogP contribution in [-0.2, 0) is 24.2 Å². The molecule has 0 bridgehead atoms. The highest BCUT2D eigenvalue weighted by Crippen LogP contribution is 2.30. The molecule has 1 atom stereocenters. The van der Waals surface area contributed by atoms with Crippen molar-refractivity contribution in [3.63, 3.8) is 0 Å². The van der Waals surface area contributed by atoms with Gasteiger partial charge in [0.25, 0.3) is 5.91 Å². The predicted octanol–water partition coefficient (Wildman–Crippen LogP) is 3.46. The van der Waals surface area contributed by atoms with E-state index in [0.717, 1.165) is 49.5 Å². The summed E-state index contributed by atoms with van der Waals surface area (Å²) in [7, 11) is 0. The van der Waals surface area contributed by atoms with E-state index in [1.165, 1.54) is 16.0 Å². The third kappa shape index (κ3) is 4.59. The molecule has 0 aromatic carbocycles. The highest BCUT2D eigenvalue weighted by Gasteiger charge is 2.25. The number of aromatic nitrogens is 1. The van der Waals surface area contributed by atoms with Gasteiger partial charge in [-0.2, -0.15) is 0 Å². The number of nitrogens with one attached hydrogen (secondary N) is 1. The van der Waals surface area contributed by atoms with Crippen LogP contribution in [0, 0.1) is 13.8 Å². The van der Waals surface area contributed by atoms with Gasteiger partial charge in [0.1, 0.15) is 5.76 Å². The van der Waals surface area contributed by atoms with Crippen molar-refractivity contribution in [3.05, 3.63) is 38.4 Å². The Morgan fingerprint density at radius 3 is 2.93 bits per heavy atom. The summed E-state index contributed by atoms with van der Waals surface area (Å²) >= 11 is 1.68. The highest BCUT2D eigenvalue weighted by atomic mass is 32.1. The molecule has 3 rings (SSSR count). The molecule has 0 fully saturated rings. The molecule has 0 saturated carbocycles. The smallest absolute Gasteiger partial charge is 0.252 e. The lowest BCUT2D eigenvalue weighted by Crippen LogP contribution is -2.35. The minimum atomic E-state index is 0.0184. The van der Waals surface area contributed by atoms with Crippen LogP contribution in [-0.4, -0.2) is 41.8 Å². The highest BCUT2D eigenvalue weighted by molar-refractivity contribution is 7.10. The van der Waals surface area contributed by atoms with Gasteiger partial charge in [-0.15, -0.1) is 11.3 Å². The number of nitrogens with zero attached hydrogens (tertiary/aromatic N) is 2. The van der Waals surface area contributed by atoms with Crippen molar-refractivity contribution >= 4 is 17.2 Å². The molecule has 148 valence electrons. The Morgan fingerprint density at radius 1 is 1.44 bits per heavy atom. The molecule has 1 aliphatic rings. The molecule has 0 radical (unpaired) electrons. The second-order valence-electron chi connectivity index (χ2n) is 7.01. The molecule has 2 aromatic rings. The summed E-state index contributed by atoms with van der Waals surface area (Å²) in [5, 5.41) is 9.09. The predicted molar refractivity (Wildman–Crippen MR) is 106 cm³/mol. The lowest BCUT2D eigenvalue weighted by atomic mass is 10.0. The van der Waals surface area contributed by atoms with Gasteiger partial charge in [0.2, 0.25) is 0 Å². The van der Waals surface area contributed by atoms with Gasteiger partial charge in [-0.1, -0.05) is 12.1 Å². The van der Waals surface area contributed by atoms with Crippen LogP contribution in [0.15, 0.2) is 9.90 Å². The van der Waals surface area contributed by atoms with Crippen molar-refractivity contribution in [1.29, 1.82) is 0 Å². The molecule has 7 heteroatoms. The van der Waals surface area contributed by atoms with Crippen LogP contribution in [0.5, 0.6) is 0 Å². The lowest BCUT2D eigenvalue weighted by Gasteiger charge is -2.27. The molecule has 27 heavy (non-hydrogen) atoms. The topological polar surface area (TPSA) is 67.6 Å². The Hall–Kier alpha value is -1.70. The molecule has 0 spiro atoms. The minimum absolute atomic E-state index is 0.0184. The number of carbonyl (C=O) groups excluding carboxylic acids is 1. The van der Waals surface area contributed by atoms with Gasteiger partial charge in [-0.05, 0) is 39.2 Å². The van der Waals surface area contributed by atoms with Crippen LogP contribution in [0.1, 0.15) is 58.1 Å². The summed E-state index contributed by atoms with van der Waals surface area (Å²) in [6.45, 7) is 11.9. The average Bonchev–Trinajstić information content (AvgIpc) is 3.23. The van der Waals surface area contributed by atoms with E-state index in [1.807, 2.05) is 26.2 Å². The first-order valence-electron chi connectivity index (χ1n) is 9.66. The first-order valence-corrected chi connectivity index (χ1v) is 10.5. The maximum Gasteiger partial charge on any atom is 0.252 e. The fraction of sp³-hybridized carbons (Fsp3) is 0.600. The van der Waals surface area contributed by atoms with E-state index in [0.29, 0.717) is 13.2 Å². The number of hydrogen-bond acceptors (Lipinski definition) is 6. The average molecular weight is 392 g/mol. The molecule has 3 heterocycles. The number of aryl methyl sites for hydroxylation is 2. The number of carbonyl (C=O) groups is 1. The zero-order chi connectivity index (χ0) is 19.4. The van der Waals surface area contributed by atoms with E-state index in [1.54, 1.807) is 11.3 Å². The van der Waals surface area contributed by atoms with E-state index in [9.17, 15) is 4.79 Å². The van der Waals surface area contributed by atoms with Crippen molar-refractivity contribution in [2.24, 2.45) is 0 Å². The van der Waals surface area contributed by atoms with Gasteiger partial charge in [0, 0.05) is 48.6 Å². The van der Waals surface area contributed by atoms with Crippen molar-refractivity contribution < 1.29 is 14.1 Å². The number of amides is 1. The first-order chi connectivity index (χ1) is 13.0. The lowest BCUT2D eigenvalue weighted by molar-refractivity contribution is 0.0568. The standard InChI is InChI=1S/C20H29N3O3S/c1-5-15(25-6-2)9-21-20(24)18-12-27-19-11-23(8-7-16(18)19)10-17-13(3)22-26-14(17)4/h12,15H,5-11H2,1-4H3,(H,21,24). The summed E-state index contributed by atoms with van der Waals surface area (Å²) in [6.07, 6.45) is 1.87. The van der Waals surface area contributed by atoms with Gasteiger partial charge in [-0.3, -0.25) is 9.69 Å². The Labute approximate surface area is 164 Å². The quantitative estimate of drug-likeness (QED) is 0.746. The summed E-state index contributed by atoms with van der Waals surface area (Å²) < 4.78 is 10.9. The van der Waals surface area contributed by atoms with Crippen molar-refractivity contribution in [2.75, 3.05) is 19.7 Å². The van der Waals surface area contributed by atoms with Crippen LogP contribution < -0.4 is 5.32 Å². The van der Waals surface area contributed by atoms with Gasteiger partial charge in [0.05, 0.1) is 17.4 Å². The summed E-state index contributed by atoms with van der Waals surface area (Å²) in [4.78, 5) is 16.3. The third-order valence-corrected chi connectivity index (χ3v) is 6.20. The number of hydrogen-bond donors (Lipinski definition) is 1. The Morgan fingerprint density at radius 2 is 2.26 bits per heavy atom. The van der Waals surface area contributed by atoms with Gasteiger partial charge < -0.3 is 14.6 Å². The fourth-order valence-corrected chi connectivity index (χ4v) is 4.64. The van der Waals surface area contributed by atoms with Crippen LogP contribution in [0.25, 0.3) is 0 Å². The molecule has 0 aliphatic carbocycles.